The Balaban J connectivity index is 0.717. The number of nitrogens with one attached hydrogen (secondary N) is 2. The van der Waals surface area contributed by atoms with Crippen LogP contribution in [0.5, 0.6) is 0 Å². The average Bonchev–Trinajstić information content (AvgIpc) is 4.18. The predicted molar refractivity (Wildman–Crippen MR) is 269 cm³/mol. The normalized spacial score (nSPS) is 20.2. The van der Waals surface area contributed by atoms with Crippen molar-refractivity contribution in [2.75, 3.05) is 55.9 Å². The third kappa shape index (κ3) is 8.48. The number of likely N-dealkylation sites (tertiary alicyclic amines) is 1. The number of fused-ring (bicyclic) bond motifs is 5. The molecule has 364 valence electrons. The van der Waals surface area contributed by atoms with Crippen molar-refractivity contribution in [1.29, 1.82) is 0 Å². The number of carbonyl (C=O) groups excluding carboxylic acids is 4. The van der Waals surface area contributed by atoms with Crippen LogP contribution in [0.3, 0.4) is 0 Å². The van der Waals surface area contributed by atoms with Crippen molar-refractivity contribution in [3.63, 3.8) is 0 Å². The standard InChI is InChI=1S/C53H62N10O6Si/c1-32-27-35(8-10-37(32)33(2)56-47(65)48-58-50(59-69-48)52(3)16-17-52)45-44-38-11-9-36(29-40(38)57-46(44)55-30-54-45)61-23-21-60(22-24-61)20-15-34-7-12-41-39(28-34)53(18-19-53)51(67)63(41)42-13-14-43(64)62(49(42)66)31-68-25-26-70(4,5)6/h7-12,27-30,33,42H,13-26,31H2,1-6H3,(H,56,65)(H,54,55,57)/t33-,42?/m1/s1. The smallest absolute Gasteiger partial charge is 0.315 e. The summed E-state index contributed by atoms with van der Waals surface area (Å²) in [6.07, 6.45) is 6.57. The molecule has 1 unspecified atom stereocenters. The van der Waals surface area contributed by atoms with Gasteiger partial charge in [0.05, 0.1) is 22.5 Å². The van der Waals surface area contributed by atoms with Gasteiger partial charge >= 0.3 is 11.8 Å². The van der Waals surface area contributed by atoms with Gasteiger partial charge in [-0.05, 0) is 105 Å². The number of H-pyrrole nitrogens is 1. The maximum atomic E-state index is 14.1. The molecule has 3 aromatic heterocycles. The third-order valence-corrected chi connectivity index (χ3v) is 17.3. The Hall–Kier alpha value is -6.30. The summed E-state index contributed by atoms with van der Waals surface area (Å²) in [6, 6.07) is 19.1. The van der Waals surface area contributed by atoms with E-state index in [0.29, 0.717) is 18.9 Å². The molecule has 17 heteroatoms. The lowest BCUT2D eigenvalue weighted by atomic mass is 9.95. The number of hydrogen-bond acceptors (Lipinski definition) is 12. The molecule has 1 spiro atoms. The van der Waals surface area contributed by atoms with Crippen molar-refractivity contribution < 1.29 is 28.4 Å². The molecule has 2 atom stereocenters. The Morgan fingerprint density at radius 1 is 0.986 bits per heavy atom. The number of anilines is 2. The lowest BCUT2D eigenvalue weighted by Gasteiger charge is -2.36. The van der Waals surface area contributed by atoms with Gasteiger partial charge in [0.25, 0.3) is 5.91 Å². The summed E-state index contributed by atoms with van der Waals surface area (Å²) in [6.45, 7) is 17.9. The Morgan fingerprint density at radius 3 is 2.53 bits per heavy atom. The van der Waals surface area contributed by atoms with E-state index in [0.717, 1.165) is 132 Å². The van der Waals surface area contributed by atoms with Gasteiger partial charge in [-0.15, -0.1) is 0 Å². The number of piperazine rings is 1. The molecule has 2 saturated carbocycles. The highest BCUT2D eigenvalue weighted by Crippen LogP contribution is 2.58. The van der Waals surface area contributed by atoms with Crippen molar-refractivity contribution in [1.82, 2.24) is 40.2 Å². The Labute approximate surface area is 408 Å². The number of carbonyl (C=O) groups is 4. The van der Waals surface area contributed by atoms with Crippen LogP contribution in [0.25, 0.3) is 33.2 Å². The van der Waals surface area contributed by atoms with Gasteiger partial charge in [-0.2, -0.15) is 4.98 Å². The highest BCUT2D eigenvalue weighted by molar-refractivity contribution is 6.76. The van der Waals surface area contributed by atoms with Crippen molar-refractivity contribution in [2.45, 2.75) is 114 Å². The lowest BCUT2D eigenvalue weighted by molar-refractivity contribution is -0.156. The minimum atomic E-state index is -1.33. The summed E-state index contributed by atoms with van der Waals surface area (Å²) >= 11 is 0. The fourth-order valence-corrected chi connectivity index (χ4v) is 11.5. The number of benzene rings is 3. The number of nitrogens with zero attached hydrogens (tertiary/aromatic N) is 8. The zero-order chi connectivity index (χ0) is 48.7. The van der Waals surface area contributed by atoms with Crippen molar-refractivity contribution in [2.24, 2.45) is 0 Å². The van der Waals surface area contributed by atoms with Gasteiger partial charge in [-0.25, -0.2) is 9.97 Å². The second kappa shape index (κ2) is 17.5. The van der Waals surface area contributed by atoms with Gasteiger partial charge in [0.15, 0.2) is 5.82 Å². The lowest BCUT2D eigenvalue weighted by Crippen LogP contribution is -2.56. The number of piperidine rings is 1. The fourth-order valence-electron chi connectivity index (χ4n) is 10.7. The van der Waals surface area contributed by atoms with Crippen LogP contribution < -0.4 is 15.1 Å². The van der Waals surface area contributed by atoms with Crippen LogP contribution in [0.1, 0.15) is 97.2 Å². The Kier molecular flexibility index (Phi) is 11.5. The number of hydrogen-bond donors (Lipinski definition) is 2. The molecule has 70 heavy (non-hydrogen) atoms. The molecule has 2 saturated heterocycles. The number of imide groups is 1. The average molecular weight is 963 g/mol. The molecule has 16 nitrogen and oxygen atoms in total. The van der Waals surface area contributed by atoms with E-state index >= 15 is 0 Å². The molecule has 6 heterocycles. The molecule has 4 fully saturated rings. The van der Waals surface area contributed by atoms with E-state index < -0.39 is 19.5 Å². The zero-order valence-corrected chi connectivity index (χ0v) is 42.1. The van der Waals surface area contributed by atoms with Crippen molar-refractivity contribution in [3.8, 4) is 11.3 Å². The van der Waals surface area contributed by atoms with Crippen molar-refractivity contribution >= 4 is 65.0 Å². The van der Waals surface area contributed by atoms with Crippen LogP contribution in [-0.4, -0.2) is 119 Å². The van der Waals surface area contributed by atoms with Crippen molar-refractivity contribution in [3.05, 3.63) is 94.9 Å². The van der Waals surface area contributed by atoms with Crippen LogP contribution in [0.2, 0.25) is 25.7 Å². The molecule has 3 aliphatic heterocycles. The van der Waals surface area contributed by atoms with Crippen LogP contribution in [-0.2, 0) is 36.4 Å². The summed E-state index contributed by atoms with van der Waals surface area (Å²) in [5, 5.41) is 9.10. The van der Waals surface area contributed by atoms with Crippen LogP contribution in [0, 0.1) is 6.92 Å². The molecule has 6 aromatic rings. The van der Waals surface area contributed by atoms with Crippen LogP contribution in [0.15, 0.2) is 65.4 Å². The third-order valence-electron chi connectivity index (χ3n) is 15.6. The monoisotopic (exact) mass is 962 g/mol. The molecule has 2 N–H and O–H groups in total. The van der Waals surface area contributed by atoms with Gasteiger partial charge in [0.1, 0.15) is 24.7 Å². The summed E-state index contributed by atoms with van der Waals surface area (Å²) < 4.78 is 11.1. The molecule has 2 aliphatic carbocycles. The first kappa shape index (κ1) is 46.1. The van der Waals surface area contributed by atoms with Crippen LogP contribution in [0.4, 0.5) is 11.4 Å². The van der Waals surface area contributed by atoms with Gasteiger partial charge in [-0.1, -0.05) is 62.1 Å². The summed E-state index contributed by atoms with van der Waals surface area (Å²) in [7, 11) is -1.33. The van der Waals surface area contributed by atoms with E-state index in [1.807, 2.05) is 32.0 Å². The van der Waals surface area contributed by atoms with E-state index in [1.54, 1.807) is 11.2 Å². The van der Waals surface area contributed by atoms with E-state index in [-0.39, 0.29) is 54.1 Å². The molecule has 4 amide bonds. The minimum absolute atomic E-state index is 0.00291. The largest absolute Gasteiger partial charge is 0.369 e. The Morgan fingerprint density at radius 2 is 1.79 bits per heavy atom. The molecule has 0 radical (unpaired) electrons. The number of aromatic nitrogens is 5. The quantitative estimate of drug-likeness (QED) is 0.0586. The number of aryl methyl sites for hydroxylation is 1. The molecule has 3 aromatic carbocycles. The summed E-state index contributed by atoms with van der Waals surface area (Å²) in [5.41, 5.74) is 9.15. The van der Waals surface area contributed by atoms with Gasteiger partial charge < -0.3 is 24.5 Å². The number of aromatic amines is 1. The highest BCUT2D eigenvalue weighted by Gasteiger charge is 2.61. The van der Waals surface area contributed by atoms with Gasteiger partial charge in [0.2, 0.25) is 11.8 Å². The fraction of sp³-hybridized carbons (Fsp3) is 0.472. The number of ether oxygens (including phenoxy) is 1. The second-order valence-corrected chi connectivity index (χ2v) is 27.4. The number of rotatable bonds is 15. The second-order valence-electron chi connectivity index (χ2n) is 21.8. The van der Waals surface area contributed by atoms with Crippen LogP contribution >= 0.6 is 0 Å². The topological polar surface area (TPSA) is 183 Å². The van der Waals surface area contributed by atoms with E-state index in [4.69, 9.17) is 14.2 Å². The first-order valence-corrected chi connectivity index (χ1v) is 28.7. The summed E-state index contributed by atoms with van der Waals surface area (Å²) in [5.74, 6) is -0.379. The highest BCUT2D eigenvalue weighted by atomic mass is 28.3. The number of amides is 4. The van der Waals surface area contributed by atoms with E-state index in [1.165, 1.54) is 10.5 Å². The maximum absolute atomic E-state index is 14.1. The van der Waals surface area contributed by atoms with Gasteiger partial charge in [-0.3, -0.25) is 33.9 Å². The Bertz CT molecular complexity index is 3070. The maximum Gasteiger partial charge on any atom is 0.315 e. The minimum Gasteiger partial charge on any atom is -0.369 e. The van der Waals surface area contributed by atoms with Gasteiger partial charge in [0, 0.05) is 87.1 Å². The SMILES string of the molecule is Cc1cc(-c2ncnc3[nH]c4cc(N5CCN(CCc6ccc7c(c6)C6(CC6)C(=O)N7C6CCC(=O)N(COCC[Si](C)(C)C)C6=O)CC5)ccc4c23)ccc1[C@@H](C)NC(=O)c1nc(C2(C)CC2)no1. The molecule has 5 aliphatic rings. The van der Waals surface area contributed by atoms with E-state index in [9.17, 15) is 19.2 Å². The first-order valence-electron chi connectivity index (χ1n) is 25.0. The summed E-state index contributed by atoms with van der Waals surface area (Å²) in [4.78, 5) is 79.1. The molecular formula is C53H62N10O6Si. The zero-order valence-electron chi connectivity index (χ0n) is 41.1. The molecule has 0 bridgehead atoms. The molecule has 11 rings (SSSR count). The first-order chi connectivity index (χ1) is 33.6. The molecular weight excluding hydrogens is 901 g/mol. The predicted octanol–water partition coefficient (Wildman–Crippen LogP) is 7.58. The van der Waals surface area contributed by atoms with E-state index in [2.05, 4.69) is 98.2 Å².